The van der Waals surface area contributed by atoms with Crippen molar-refractivity contribution in [1.29, 1.82) is 0 Å². The summed E-state index contributed by atoms with van der Waals surface area (Å²) >= 11 is 1.96. The van der Waals surface area contributed by atoms with Crippen molar-refractivity contribution in [2.75, 3.05) is 31.6 Å². The number of carbonyl (C=O) groups excluding carboxylic acids is 1. The molecular weight excluding hydrogens is 308 g/mol. The molecule has 0 radical (unpaired) electrons. The highest BCUT2D eigenvalue weighted by molar-refractivity contribution is 7.99. The summed E-state index contributed by atoms with van der Waals surface area (Å²) in [5, 5.41) is 7.05. The van der Waals surface area contributed by atoms with E-state index in [-0.39, 0.29) is 5.92 Å². The number of aliphatic imine (C=N–C) groups is 1. The van der Waals surface area contributed by atoms with Gasteiger partial charge >= 0.3 is 0 Å². The van der Waals surface area contributed by atoms with Crippen LogP contribution in [0.3, 0.4) is 0 Å². The molecule has 5 nitrogen and oxygen atoms in total. The van der Waals surface area contributed by atoms with Crippen LogP contribution in [-0.2, 0) is 4.79 Å². The molecule has 1 heterocycles. The smallest absolute Gasteiger partial charge is 0.225 e. The van der Waals surface area contributed by atoms with Gasteiger partial charge in [-0.25, -0.2) is 0 Å². The number of nitrogens with one attached hydrogen (secondary N) is 2. The lowest BCUT2D eigenvalue weighted by Crippen LogP contribution is -2.51. The van der Waals surface area contributed by atoms with E-state index in [1.165, 1.54) is 19.3 Å². The van der Waals surface area contributed by atoms with Crippen LogP contribution in [-0.4, -0.2) is 60.5 Å². The van der Waals surface area contributed by atoms with E-state index < -0.39 is 0 Å². The highest BCUT2D eigenvalue weighted by Crippen LogP contribution is 2.27. The molecule has 0 aromatic carbocycles. The van der Waals surface area contributed by atoms with Crippen molar-refractivity contribution < 1.29 is 4.79 Å². The second kappa shape index (κ2) is 8.27. The fraction of sp³-hybridized carbons (Fsp3) is 0.882. The predicted octanol–water partition coefficient (Wildman–Crippen LogP) is 1.84. The third kappa shape index (κ3) is 4.55. The number of hydrogen-bond donors (Lipinski definition) is 2. The average molecular weight is 339 g/mol. The summed E-state index contributed by atoms with van der Waals surface area (Å²) in [5.41, 5.74) is 0. The molecule has 2 aliphatic carbocycles. The predicted molar refractivity (Wildman–Crippen MR) is 96.9 cm³/mol. The van der Waals surface area contributed by atoms with Crippen LogP contribution in [0, 0.1) is 5.92 Å². The van der Waals surface area contributed by atoms with Crippen LogP contribution in [0.2, 0.25) is 0 Å². The second-order valence-electron chi connectivity index (χ2n) is 6.97. The molecule has 2 saturated carbocycles. The molecule has 3 fully saturated rings. The average Bonchev–Trinajstić information content (AvgIpc) is 2.57. The maximum Gasteiger partial charge on any atom is 0.225 e. The van der Waals surface area contributed by atoms with Crippen LogP contribution in [0.4, 0.5) is 0 Å². The van der Waals surface area contributed by atoms with Crippen molar-refractivity contribution in [3.8, 4) is 0 Å². The first-order chi connectivity index (χ1) is 11.3. The largest absolute Gasteiger partial charge is 0.354 e. The van der Waals surface area contributed by atoms with Gasteiger partial charge in [0.05, 0.1) is 0 Å². The Bertz CT molecular complexity index is 424. The van der Waals surface area contributed by atoms with Gasteiger partial charge in [-0.3, -0.25) is 9.79 Å². The van der Waals surface area contributed by atoms with Gasteiger partial charge in [-0.15, -0.1) is 0 Å². The maximum atomic E-state index is 12.6. The number of thioether (sulfide) groups is 1. The summed E-state index contributed by atoms with van der Waals surface area (Å²) < 4.78 is 0. The number of guanidine groups is 1. The van der Waals surface area contributed by atoms with Crippen molar-refractivity contribution in [2.24, 2.45) is 10.9 Å². The zero-order valence-corrected chi connectivity index (χ0v) is 15.0. The molecule has 0 spiro atoms. The van der Waals surface area contributed by atoms with Gasteiger partial charge in [-0.1, -0.05) is 0 Å². The summed E-state index contributed by atoms with van der Waals surface area (Å²) in [6, 6.07) is 1.07. The van der Waals surface area contributed by atoms with Gasteiger partial charge < -0.3 is 15.5 Å². The first-order valence-electron chi connectivity index (χ1n) is 9.12. The van der Waals surface area contributed by atoms with Crippen LogP contribution in [0.1, 0.15) is 44.9 Å². The van der Waals surface area contributed by atoms with Crippen molar-refractivity contribution in [3.63, 3.8) is 0 Å². The monoisotopic (exact) mass is 338 g/mol. The summed E-state index contributed by atoms with van der Waals surface area (Å²) in [4.78, 5) is 19.0. The van der Waals surface area contributed by atoms with Gasteiger partial charge in [0.25, 0.3) is 0 Å². The zero-order chi connectivity index (χ0) is 16.1. The van der Waals surface area contributed by atoms with E-state index in [9.17, 15) is 4.79 Å². The number of hydrogen-bond acceptors (Lipinski definition) is 3. The molecule has 23 heavy (non-hydrogen) atoms. The van der Waals surface area contributed by atoms with E-state index in [1.807, 2.05) is 18.8 Å². The topological polar surface area (TPSA) is 56.7 Å². The maximum absolute atomic E-state index is 12.6. The van der Waals surface area contributed by atoms with E-state index in [4.69, 9.17) is 0 Å². The normalized spacial score (nSPS) is 29.8. The molecule has 0 aromatic rings. The third-order valence-electron chi connectivity index (χ3n) is 5.41. The van der Waals surface area contributed by atoms with Gasteiger partial charge in [-0.2, -0.15) is 11.8 Å². The van der Waals surface area contributed by atoms with E-state index in [0.29, 0.717) is 18.0 Å². The van der Waals surface area contributed by atoms with E-state index >= 15 is 0 Å². The zero-order valence-electron chi connectivity index (χ0n) is 14.2. The standard InChI is InChI=1S/C17H30N4OS/c1-18-17(19-14-3-2-4-14)20-15-7-5-13(6-8-15)16(22)21-9-11-23-12-10-21/h13-15H,2-12H2,1H3,(H2,18,19,20). The Morgan fingerprint density at radius 3 is 2.13 bits per heavy atom. The number of carbonyl (C=O) groups is 1. The molecule has 1 saturated heterocycles. The molecule has 130 valence electrons. The lowest BCUT2D eigenvalue weighted by molar-refractivity contribution is -0.136. The number of rotatable bonds is 3. The summed E-state index contributed by atoms with van der Waals surface area (Å²) in [6.07, 6.45) is 8.03. The van der Waals surface area contributed by atoms with Crippen molar-refractivity contribution in [2.45, 2.75) is 57.0 Å². The number of amides is 1. The molecule has 0 atom stereocenters. The van der Waals surface area contributed by atoms with Gasteiger partial charge in [0.2, 0.25) is 5.91 Å². The Balaban J connectivity index is 1.41. The van der Waals surface area contributed by atoms with Crippen molar-refractivity contribution in [3.05, 3.63) is 0 Å². The third-order valence-corrected chi connectivity index (χ3v) is 6.35. The minimum atomic E-state index is 0.248. The van der Waals surface area contributed by atoms with Gasteiger partial charge in [-0.05, 0) is 44.9 Å². The van der Waals surface area contributed by atoms with Gasteiger partial charge in [0, 0.05) is 49.6 Å². The first kappa shape index (κ1) is 16.9. The Morgan fingerprint density at radius 2 is 1.61 bits per heavy atom. The molecule has 1 amide bonds. The van der Waals surface area contributed by atoms with Crippen LogP contribution in [0.5, 0.6) is 0 Å². The van der Waals surface area contributed by atoms with Crippen LogP contribution < -0.4 is 10.6 Å². The molecular formula is C17H30N4OS. The summed E-state index contributed by atoms with van der Waals surface area (Å²) in [6.45, 7) is 1.89. The van der Waals surface area contributed by atoms with Crippen molar-refractivity contribution in [1.82, 2.24) is 15.5 Å². The molecule has 3 rings (SSSR count). The van der Waals surface area contributed by atoms with E-state index in [1.54, 1.807) is 0 Å². The fourth-order valence-corrected chi connectivity index (χ4v) is 4.54. The highest BCUT2D eigenvalue weighted by atomic mass is 32.2. The molecule has 1 aliphatic heterocycles. The van der Waals surface area contributed by atoms with Crippen LogP contribution in [0.15, 0.2) is 4.99 Å². The van der Waals surface area contributed by atoms with Crippen molar-refractivity contribution >= 4 is 23.6 Å². The van der Waals surface area contributed by atoms with Crippen LogP contribution >= 0.6 is 11.8 Å². The minimum absolute atomic E-state index is 0.248. The van der Waals surface area contributed by atoms with Gasteiger partial charge in [0.15, 0.2) is 5.96 Å². The molecule has 2 N–H and O–H groups in total. The fourth-order valence-electron chi connectivity index (χ4n) is 3.64. The molecule has 0 unspecified atom stereocenters. The highest BCUT2D eigenvalue weighted by Gasteiger charge is 2.30. The molecule has 0 aromatic heterocycles. The Hall–Kier alpha value is -0.910. The van der Waals surface area contributed by atoms with Gasteiger partial charge in [0.1, 0.15) is 0 Å². The Morgan fingerprint density at radius 1 is 1.00 bits per heavy atom. The molecule has 0 bridgehead atoms. The Labute approximate surface area is 144 Å². The van der Waals surface area contributed by atoms with E-state index in [2.05, 4.69) is 20.5 Å². The Kier molecular flexibility index (Phi) is 6.08. The summed E-state index contributed by atoms with van der Waals surface area (Å²) in [7, 11) is 1.84. The number of nitrogens with zero attached hydrogens (tertiary/aromatic N) is 2. The quantitative estimate of drug-likeness (QED) is 0.609. The SMILES string of the molecule is CN=C(NC1CCC1)NC1CCC(C(=O)N2CCSCC2)CC1. The molecule has 6 heteroatoms. The van der Waals surface area contributed by atoms with Crippen LogP contribution in [0.25, 0.3) is 0 Å². The summed E-state index contributed by atoms with van der Waals surface area (Å²) in [5.74, 6) is 3.80. The minimum Gasteiger partial charge on any atom is -0.354 e. The first-order valence-corrected chi connectivity index (χ1v) is 10.3. The lowest BCUT2D eigenvalue weighted by atomic mass is 9.85. The lowest BCUT2D eigenvalue weighted by Gasteiger charge is -2.35. The van der Waals surface area contributed by atoms with E-state index in [0.717, 1.165) is 56.2 Å². The second-order valence-corrected chi connectivity index (χ2v) is 8.20. The molecule has 3 aliphatic rings.